The van der Waals surface area contributed by atoms with Crippen molar-refractivity contribution < 1.29 is 13.9 Å². The molecule has 22 heavy (non-hydrogen) atoms. The number of carbonyl (C=O) groups excluding carboxylic acids is 1. The molecule has 1 aromatic carbocycles. The van der Waals surface area contributed by atoms with E-state index in [2.05, 4.69) is 10.3 Å². The normalized spacial score (nSPS) is 10.5. The van der Waals surface area contributed by atoms with Gasteiger partial charge >= 0.3 is 0 Å². The molecule has 0 spiro atoms. The maximum atomic E-state index is 12.0. The second-order valence-corrected chi connectivity index (χ2v) is 4.69. The first-order valence-electron chi connectivity index (χ1n) is 6.70. The van der Waals surface area contributed by atoms with Crippen LogP contribution >= 0.6 is 0 Å². The van der Waals surface area contributed by atoms with Crippen molar-refractivity contribution in [3.05, 3.63) is 54.6 Å². The number of nitrogens with zero attached hydrogens (tertiary/aromatic N) is 2. The van der Waals surface area contributed by atoms with Crippen molar-refractivity contribution in [3.8, 4) is 17.0 Å². The van der Waals surface area contributed by atoms with E-state index in [-0.39, 0.29) is 11.7 Å². The Balaban J connectivity index is 1.83. The average Bonchev–Trinajstić information content (AvgIpc) is 3.19. The molecule has 0 aliphatic rings. The van der Waals surface area contributed by atoms with E-state index >= 15 is 0 Å². The Morgan fingerprint density at radius 1 is 1.27 bits per heavy atom. The van der Waals surface area contributed by atoms with Crippen LogP contribution in [0.5, 0.6) is 5.75 Å². The first kappa shape index (κ1) is 13.9. The van der Waals surface area contributed by atoms with Crippen LogP contribution in [0.1, 0.15) is 10.6 Å². The molecule has 0 saturated heterocycles. The van der Waals surface area contributed by atoms with Crippen molar-refractivity contribution >= 4 is 11.9 Å². The number of anilines is 1. The molecule has 2 heterocycles. The van der Waals surface area contributed by atoms with Crippen LogP contribution in [0.15, 0.2) is 53.3 Å². The molecule has 0 bridgehead atoms. The Hall–Kier alpha value is -3.02. The average molecular weight is 297 g/mol. The first-order chi connectivity index (χ1) is 10.7. The summed E-state index contributed by atoms with van der Waals surface area (Å²) in [4.78, 5) is 16.2. The number of aromatic nitrogens is 2. The molecule has 112 valence electrons. The van der Waals surface area contributed by atoms with Crippen LogP contribution in [-0.4, -0.2) is 22.6 Å². The van der Waals surface area contributed by atoms with E-state index < -0.39 is 0 Å². The first-order valence-corrected chi connectivity index (χ1v) is 6.70. The summed E-state index contributed by atoms with van der Waals surface area (Å²) in [6, 6.07) is 10.9. The lowest BCUT2D eigenvalue weighted by Crippen LogP contribution is -2.14. The third kappa shape index (κ3) is 2.58. The van der Waals surface area contributed by atoms with Crippen LogP contribution in [0, 0.1) is 0 Å². The summed E-state index contributed by atoms with van der Waals surface area (Å²) >= 11 is 0. The smallest absolute Gasteiger partial charge is 0.293 e. The molecule has 0 atom stereocenters. The Kier molecular flexibility index (Phi) is 3.65. The van der Waals surface area contributed by atoms with Crippen molar-refractivity contribution in [2.24, 2.45) is 7.05 Å². The van der Waals surface area contributed by atoms with Gasteiger partial charge in [0.2, 0.25) is 5.95 Å². The van der Waals surface area contributed by atoms with Gasteiger partial charge in [-0.25, -0.2) is 4.98 Å². The molecule has 2 aromatic heterocycles. The predicted molar refractivity (Wildman–Crippen MR) is 81.9 cm³/mol. The van der Waals surface area contributed by atoms with Crippen molar-refractivity contribution in [1.29, 1.82) is 0 Å². The van der Waals surface area contributed by atoms with Gasteiger partial charge in [-0.1, -0.05) is 0 Å². The minimum atomic E-state index is -0.333. The summed E-state index contributed by atoms with van der Waals surface area (Å²) in [6.07, 6.45) is 3.16. The number of methoxy groups -OCH3 is 1. The number of nitrogens with one attached hydrogen (secondary N) is 1. The van der Waals surface area contributed by atoms with Gasteiger partial charge in [0, 0.05) is 12.6 Å². The van der Waals surface area contributed by atoms with Crippen molar-refractivity contribution in [3.63, 3.8) is 0 Å². The Bertz CT molecular complexity index is 774. The van der Waals surface area contributed by atoms with Crippen LogP contribution < -0.4 is 10.1 Å². The number of imidazole rings is 1. The quantitative estimate of drug-likeness (QED) is 0.804. The molecular weight excluding hydrogens is 282 g/mol. The highest BCUT2D eigenvalue weighted by Crippen LogP contribution is 2.24. The molecule has 1 N–H and O–H groups in total. The molecular formula is C16H15N3O3. The number of hydrogen-bond donors (Lipinski definition) is 1. The highest BCUT2D eigenvalue weighted by molar-refractivity contribution is 6.01. The SMILES string of the molecule is COc1ccc(-c2cnc(NC(=O)c3ccco3)n2C)cc1. The lowest BCUT2D eigenvalue weighted by atomic mass is 10.1. The summed E-state index contributed by atoms with van der Waals surface area (Å²) < 4.78 is 12.0. The molecule has 6 nitrogen and oxygen atoms in total. The van der Waals surface area contributed by atoms with Gasteiger partial charge in [-0.2, -0.15) is 0 Å². The van der Waals surface area contributed by atoms with E-state index in [1.54, 1.807) is 25.4 Å². The van der Waals surface area contributed by atoms with Gasteiger partial charge in [0.15, 0.2) is 5.76 Å². The molecule has 0 fully saturated rings. The zero-order valence-electron chi connectivity index (χ0n) is 12.2. The largest absolute Gasteiger partial charge is 0.497 e. The third-order valence-corrected chi connectivity index (χ3v) is 3.34. The van der Waals surface area contributed by atoms with Crippen LogP contribution in [0.2, 0.25) is 0 Å². The lowest BCUT2D eigenvalue weighted by molar-refractivity contribution is 0.0995. The highest BCUT2D eigenvalue weighted by atomic mass is 16.5. The van der Waals surface area contributed by atoms with Gasteiger partial charge < -0.3 is 13.7 Å². The molecule has 6 heteroatoms. The molecule has 0 aliphatic carbocycles. The Morgan fingerprint density at radius 2 is 2.05 bits per heavy atom. The molecule has 3 rings (SSSR count). The number of benzene rings is 1. The van der Waals surface area contributed by atoms with Crippen molar-refractivity contribution in [1.82, 2.24) is 9.55 Å². The van der Waals surface area contributed by atoms with Gasteiger partial charge in [0.25, 0.3) is 5.91 Å². The molecule has 0 radical (unpaired) electrons. The van der Waals surface area contributed by atoms with Crippen LogP contribution in [0.3, 0.4) is 0 Å². The Morgan fingerprint density at radius 3 is 2.68 bits per heavy atom. The fourth-order valence-corrected chi connectivity index (χ4v) is 2.13. The van der Waals surface area contributed by atoms with Gasteiger partial charge in [-0.05, 0) is 36.4 Å². The number of amides is 1. The second kappa shape index (κ2) is 5.77. The summed E-state index contributed by atoms with van der Waals surface area (Å²) in [5, 5.41) is 2.72. The van der Waals surface area contributed by atoms with Crippen molar-refractivity contribution in [2.45, 2.75) is 0 Å². The standard InChI is InChI=1S/C16H15N3O3/c1-19-13(11-5-7-12(21-2)8-6-11)10-17-16(19)18-15(20)14-4-3-9-22-14/h3-10H,1-2H3,(H,17,18,20). The zero-order valence-corrected chi connectivity index (χ0v) is 12.2. The minimum Gasteiger partial charge on any atom is -0.497 e. The second-order valence-electron chi connectivity index (χ2n) is 4.69. The maximum Gasteiger partial charge on any atom is 0.293 e. The number of hydrogen-bond acceptors (Lipinski definition) is 4. The number of furan rings is 1. The fraction of sp³-hybridized carbons (Fsp3) is 0.125. The molecule has 0 saturated carbocycles. The predicted octanol–water partition coefficient (Wildman–Crippen LogP) is 2.94. The zero-order chi connectivity index (χ0) is 15.5. The van der Waals surface area contributed by atoms with Gasteiger partial charge in [-0.15, -0.1) is 0 Å². The van der Waals surface area contributed by atoms with Gasteiger partial charge in [-0.3, -0.25) is 10.1 Å². The monoisotopic (exact) mass is 297 g/mol. The summed E-state index contributed by atoms with van der Waals surface area (Å²) in [5.74, 6) is 1.15. The summed E-state index contributed by atoms with van der Waals surface area (Å²) in [7, 11) is 3.46. The summed E-state index contributed by atoms with van der Waals surface area (Å²) in [6.45, 7) is 0. The molecule has 0 aliphatic heterocycles. The van der Waals surface area contributed by atoms with Crippen LogP contribution in [0.25, 0.3) is 11.3 Å². The number of ether oxygens (including phenoxy) is 1. The fourth-order valence-electron chi connectivity index (χ4n) is 2.13. The topological polar surface area (TPSA) is 69.3 Å². The highest BCUT2D eigenvalue weighted by Gasteiger charge is 2.14. The van der Waals surface area contributed by atoms with Crippen LogP contribution in [0.4, 0.5) is 5.95 Å². The van der Waals surface area contributed by atoms with Crippen LogP contribution in [-0.2, 0) is 7.05 Å². The number of rotatable bonds is 4. The lowest BCUT2D eigenvalue weighted by Gasteiger charge is -2.07. The van der Waals surface area contributed by atoms with E-state index in [9.17, 15) is 4.79 Å². The van der Waals surface area contributed by atoms with E-state index in [4.69, 9.17) is 9.15 Å². The van der Waals surface area contributed by atoms with E-state index in [1.165, 1.54) is 6.26 Å². The van der Waals surface area contributed by atoms with Gasteiger partial charge in [0.05, 0.1) is 25.3 Å². The minimum absolute atomic E-state index is 0.244. The Labute approximate surface area is 127 Å². The molecule has 1 amide bonds. The van der Waals surface area contributed by atoms with Crippen molar-refractivity contribution in [2.75, 3.05) is 12.4 Å². The maximum absolute atomic E-state index is 12.0. The molecule has 3 aromatic rings. The van der Waals surface area contributed by atoms with Gasteiger partial charge in [0.1, 0.15) is 5.75 Å². The molecule has 0 unspecified atom stereocenters. The summed E-state index contributed by atoms with van der Waals surface area (Å²) in [5.41, 5.74) is 1.87. The number of carbonyl (C=O) groups is 1. The third-order valence-electron chi connectivity index (χ3n) is 3.34. The van der Waals surface area contributed by atoms with E-state index in [1.807, 2.05) is 35.9 Å². The van der Waals surface area contributed by atoms with E-state index in [0.717, 1.165) is 17.0 Å². The van der Waals surface area contributed by atoms with E-state index in [0.29, 0.717) is 5.95 Å².